The lowest BCUT2D eigenvalue weighted by atomic mass is 10.1. The summed E-state index contributed by atoms with van der Waals surface area (Å²) >= 11 is 0. The number of pyridine rings is 1. The quantitative estimate of drug-likeness (QED) is 0.710. The molecule has 0 aliphatic heterocycles. The second-order valence-corrected chi connectivity index (χ2v) is 3.70. The van der Waals surface area contributed by atoms with E-state index in [1.165, 1.54) is 6.08 Å². The average molecular weight is 228 g/mol. The Kier molecular flexibility index (Phi) is 2.74. The van der Waals surface area contributed by atoms with Crippen molar-refractivity contribution in [2.75, 3.05) is 11.5 Å². The Labute approximate surface area is 98.6 Å². The number of ketones is 1. The van der Waals surface area contributed by atoms with Crippen LogP contribution in [0.1, 0.15) is 6.92 Å². The molecule has 0 bridgehead atoms. The third-order valence-electron chi connectivity index (χ3n) is 2.33. The molecule has 1 aliphatic rings. The Morgan fingerprint density at radius 2 is 2.00 bits per heavy atom. The van der Waals surface area contributed by atoms with Crippen molar-refractivity contribution in [1.82, 2.24) is 4.98 Å². The van der Waals surface area contributed by atoms with Gasteiger partial charge >= 0.3 is 0 Å². The molecule has 1 heterocycles. The molecule has 1 aliphatic carbocycles. The molecule has 0 atom stereocenters. The number of anilines is 2. The lowest BCUT2D eigenvalue weighted by Crippen LogP contribution is -2.05. The molecular weight excluding hydrogens is 216 g/mol. The van der Waals surface area contributed by atoms with Crippen LogP contribution < -0.4 is 11.5 Å². The van der Waals surface area contributed by atoms with Gasteiger partial charge in [0.05, 0.1) is 5.71 Å². The van der Waals surface area contributed by atoms with Crippen LogP contribution in [0.3, 0.4) is 0 Å². The summed E-state index contributed by atoms with van der Waals surface area (Å²) in [6.07, 6.45) is 4.83. The van der Waals surface area contributed by atoms with E-state index in [2.05, 4.69) is 9.98 Å². The predicted octanol–water partition coefficient (Wildman–Crippen LogP) is 1.40. The van der Waals surface area contributed by atoms with E-state index in [0.29, 0.717) is 22.8 Å². The van der Waals surface area contributed by atoms with Crippen LogP contribution in [0.2, 0.25) is 0 Å². The van der Waals surface area contributed by atoms with Crippen LogP contribution in [0.15, 0.2) is 40.9 Å². The summed E-state index contributed by atoms with van der Waals surface area (Å²) < 4.78 is 0. The van der Waals surface area contributed by atoms with Gasteiger partial charge in [-0.05, 0) is 42.9 Å². The van der Waals surface area contributed by atoms with Gasteiger partial charge in [0.25, 0.3) is 0 Å². The molecular formula is C12H12N4O. The third kappa shape index (κ3) is 2.39. The van der Waals surface area contributed by atoms with E-state index in [0.717, 1.165) is 0 Å². The van der Waals surface area contributed by atoms with Gasteiger partial charge in [-0.2, -0.15) is 0 Å². The van der Waals surface area contributed by atoms with Gasteiger partial charge in [-0.25, -0.2) is 9.98 Å². The fourth-order valence-corrected chi connectivity index (χ4v) is 1.42. The highest BCUT2D eigenvalue weighted by molar-refractivity contribution is 6.19. The van der Waals surface area contributed by atoms with Crippen molar-refractivity contribution in [2.24, 2.45) is 4.99 Å². The zero-order chi connectivity index (χ0) is 12.4. The predicted molar refractivity (Wildman–Crippen MR) is 68.1 cm³/mol. The van der Waals surface area contributed by atoms with Crippen LogP contribution in [-0.2, 0) is 4.79 Å². The number of hydrogen-bond acceptors (Lipinski definition) is 5. The zero-order valence-electron chi connectivity index (χ0n) is 9.34. The number of rotatable bonds is 1. The van der Waals surface area contributed by atoms with Crippen LogP contribution in [0.4, 0.5) is 17.3 Å². The maximum absolute atomic E-state index is 11.2. The van der Waals surface area contributed by atoms with Gasteiger partial charge in [0.1, 0.15) is 11.5 Å². The van der Waals surface area contributed by atoms with E-state index >= 15 is 0 Å². The van der Waals surface area contributed by atoms with Crippen LogP contribution >= 0.6 is 0 Å². The number of nitrogen functional groups attached to an aromatic ring is 2. The van der Waals surface area contributed by atoms with E-state index in [9.17, 15) is 4.79 Å². The molecule has 4 N–H and O–H groups in total. The van der Waals surface area contributed by atoms with Crippen molar-refractivity contribution >= 4 is 28.8 Å². The van der Waals surface area contributed by atoms with Gasteiger partial charge in [0.15, 0.2) is 11.6 Å². The molecule has 5 heteroatoms. The Balaban J connectivity index is 2.38. The fourth-order valence-electron chi connectivity index (χ4n) is 1.42. The number of nitrogens with zero attached hydrogens (tertiary/aromatic N) is 2. The molecule has 2 rings (SSSR count). The monoisotopic (exact) mass is 228 g/mol. The number of aliphatic imine (C=N–C) groups is 1. The number of carbonyl (C=O) groups is 1. The topological polar surface area (TPSA) is 94.4 Å². The summed E-state index contributed by atoms with van der Waals surface area (Å²) in [6.45, 7) is 1.74. The zero-order valence-corrected chi connectivity index (χ0v) is 9.34. The maximum Gasteiger partial charge on any atom is 0.181 e. The van der Waals surface area contributed by atoms with Gasteiger partial charge in [-0.15, -0.1) is 0 Å². The van der Waals surface area contributed by atoms with E-state index in [-0.39, 0.29) is 11.6 Å². The standard InChI is InChI=1S/C12H12N4O/c1-7-6-8(2-4-10(7)17)15-9-3-5-11(13)16-12(9)14/h2-6H,1H3,(H4,13,14,16). The van der Waals surface area contributed by atoms with Gasteiger partial charge in [0, 0.05) is 0 Å². The van der Waals surface area contributed by atoms with Crippen molar-refractivity contribution in [3.05, 3.63) is 35.9 Å². The third-order valence-corrected chi connectivity index (χ3v) is 2.33. The number of nitrogens with two attached hydrogens (primary N) is 2. The number of hydrogen-bond donors (Lipinski definition) is 2. The first kappa shape index (κ1) is 11.1. The molecule has 17 heavy (non-hydrogen) atoms. The first-order valence-corrected chi connectivity index (χ1v) is 5.07. The minimum absolute atomic E-state index is 0.00708. The largest absolute Gasteiger partial charge is 0.384 e. The van der Waals surface area contributed by atoms with E-state index in [1.807, 2.05) is 0 Å². The van der Waals surface area contributed by atoms with Crippen LogP contribution in [0, 0.1) is 0 Å². The fraction of sp³-hybridized carbons (Fsp3) is 0.0833. The molecule has 0 spiro atoms. The highest BCUT2D eigenvalue weighted by Crippen LogP contribution is 2.21. The molecule has 5 nitrogen and oxygen atoms in total. The van der Waals surface area contributed by atoms with E-state index in [4.69, 9.17) is 11.5 Å². The molecule has 0 amide bonds. The number of carbonyl (C=O) groups excluding carboxylic acids is 1. The lowest BCUT2D eigenvalue weighted by Gasteiger charge is -2.05. The van der Waals surface area contributed by atoms with Crippen LogP contribution in [-0.4, -0.2) is 16.5 Å². The molecule has 0 fully saturated rings. The normalized spacial score (nSPS) is 17.4. The Bertz CT molecular complexity index is 570. The first-order chi connectivity index (χ1) is 8.06. The second-order valence-electron chi connectivity index (χ2n) is 3.70. The minimum Gasteiger partial charge on any atom is -0.384 e. The van der Waals surface area contributed by atoms with Crippen molar-refractivity contribution in [2.45, 2.75) is 6.92 Å². The average Bonchev–Trinajstić information content (AvgIpc) is 2.27. The van der Waals surface area contributed by atoms with E-state index < -0.39 is 0 Å². The van der Waals surface area contributed by atoms with Crippen molar-refractivity contribution in [3.8, 4) is 0 Å². The van der Waals surface area contributed by atoms with E-state index in [1.54, 1.807) is 31.2 Å². The van der Waals surface area contributed by atoms with Gasteiger partial charge in [-0.1, -0.05) is 0 Å². The highest BCUT2D eigenvalue weighted by Gasteiger charge is 2.08. The number of aromatic nitrogens is 1. The number of allylic oxidation sites excluding steroid dienone is 4. The van der Waals surface area contributed by atoms with Gasteiger partial charge in [-0.3, -0.25) is 4.79 Å². The molecule has 1 aromatic heterocycles. The van der Waals surface area contributed by atoms with Crippen LogP contribution in [0.5, 0.6) is 0 Å². The molecule has 0 radical (unpaired) electrons. The summed E-state index contributed by atoms with van der Waals surface area (Å²) in [5.41, 5.74) is 13.0. The van der Waals surface area contributed by atoms with Gasteiger partial charge < -0.3 is 11.5 Å². The molecule has 0 aromatic carbocycles. The summed E-state index contributed by atoms with van der Waals surface area (Å²) in [7, 11) is 0. The smallest absolute Gasteiger partial charge is 0.181 e. The summed E-state index contributed by atoms with van der Waals surface area (Å²) in [4.78, 5) is 19.5. The summed E-state index contributed by atoms with van der Waals surface area (Å²) in [6, 6.07) is 3.32. The molecule has 1 aromatic rings. The Hall–Kier alpha value is -2.43. The molecule has 0 unspecified atom stereocenters. The molecule has 0 saturated carbocycles. The second kappa shape index (κ2) is 4.21. The highest BCUT2D eigenvalue weighted by atomic mass is 16.1. The SMILES string of the molecule is CC1=CC(=Nc2ccc(N)nc2N)C=CC1=O. The van der Waals surface area contributed by atoms with Crippen molar-refractivity contribution < 1.29 is 4.79 Å². The molecule has 86 valence electrons. The first-order valence-electron chi connectivity index (χ1n) is 5.07. The summed E-state index contributed by atoms with van der Waals surface area (Å²) in [5.74, 6) is 0.619. The molecule has 0 saturated heterocycles. The Morgan fingerprint density at radius 1 is 1.24 bits per heavy atom. The summed E-state index contributed by atoms with van der Waals surface area (Å²) in [5, 5.41) is 0. The Morgan fingerprint density at radius 3 is 2.65 bits per heavy atom. The van der Waals surface area contributed by atoms with Crippen molar-refractivity contribution in [1.29, 1.82) is 0 Å². The van der Waals surface area contributed by atoms with Gasteiger partial charge in [0.2, 0.25) is 0 Å². The van der Waals surface area contributed by atoms with Crippen molar-refractivity contribution in [3.63, 3.8) is 0 Å². The minimum atomic E-state index is -0.00708. The van der Waals surface area contributed by atoms with Crippen LogP contribution in [0.25, 0.3) is 0 Å². The lowest BCUT2D eigenvalue weighted by molar-refractivity contribution is -0.111. The maximum atomic E-state index is 11.2.